The number of hydrogen-bond acceptors (Lipinski definition) is 5. The van der Waals surface area contributed by atoms with E-state index in [-0.39, 0.29) is 24.2 Å². The standard InChI is InChI=1S/C22H24N6O/c1-14-20-21(24-12-11-23-20)28(22(29)27(14)2)17-9-8-16(13-17)25-19-10-7-15-5-3-4-6-18(15)26-19/h3-7,10-12,14,16-17H,8-9,13H2,1-2H3,(H,25,26). The number of nitrogens with one attached hydrogen (secondary N) is 1. The maximum Gasteiger partial charge on any atom is 0.326 e. The summed E-state index contributed by atoms with van der Waals surface area (Å²) in [5, 5.41) is 4.70. The van der Waals surface area contributed by atoms with Crippen molar-refractivity contribution >= 4 is 28.6 Å². The highest BCUT2D eigenvalue weighted by atomic mass is 16.2. The Morgan fingerprint density at radius 3 is 2.79 bits per heavy atom. The van der Waals surface area contributed by atoms with Gasteiger partial charge in [-0.2, -0.15) is 0 Å². The number of hydrogen-bond donors (Lipinski definition) is 1. The quantitative estimate of drug-likeness (QED) is 0.734. The molecule has 1 aliphatic heterocycles. The second kappa shape index (κ2) is 6.99. The van der Waals surface area contributed by atoms with Gasteiger partial charge in [0, 0.05) is 36.9 Å². The number of para-hydroxylation sites is 1. The number of pyridine rings is 1. The number of anilines is 2. The summed E-state index contributed by atoms with van der Waals surface area (Å²) in [6.07, 6.45) is 6.13. The molecule has 2 aromatic heterocycles. The maximum atomic E-state index is 13.0. The molecule has 0 bridgehead atoms. The van der Waals surface area contributed by atoms with Crippen molar-refractivity contribution in [1.82, 2.24) is 19.9 Å². The third-order valence-corrected chi connectivity index (χ3v) is 6.14. The molecule has 3 atom stereocenters. The van der Waals surface area contributed by atoms with E-state index in [4.69, 9.17) is 4.98 Å². The summed E-state index contributed by atoms with van der Waals surface area (Å²) in [4.78, 5) is 30.4. The van der Waals surface area contributed by atoms with Crippen LogP contribution in [0.3, 0.4) is 0 Å². The summed E-state index contributed by atoms with van der Waals surface area (Å²) < 4.78 is 0. The zero-order chi connectivity index (χ0) is 20.0. The van der Waals surface area contributed by atoms with Gasteiger partial charge in [-0.1, -0.05) is 18.2 Å². The summed E-state index contributed by atoms with van der Waals surface area (Å²) in [6.45, 7) is 1.99. The fourth-order valence-electron chi connectivity index (χ4n) is 4.44. The van der Waals surface area contributed by atoms with Gasteiger partial charge in [0.25, 0.3) is 0 Å². The van der Waals surface area contributed by atoms with Crippen LogP contribution in [0.4, 0.5) is 16.4 Å². The van der Waals surface area contributed by atoms with Crippen LogP contribution >= 0.6 is 0 Å². The predicted molar refractivity (Wildman–Crippen MR) is 113 cm³/mol. The number of nitrogens with zero attached hydrogens (tertiary/aromatic N) is 5. The first kappa shape index (κ1) is 17.8. The molecule has 1 N–H and O–H groups in total. The summed E-state index contributed by atoms with van der Waals surface area (Å²) >= 11 is 0. The van der Waals surface area contributed by atoms with E-state index in [0.717, 1.165) is 41.7 Å². The fraction of sp³-hybridized carbons (Fsp3) is 0.364. The van der Waals surface area contributed by atoms with E-state index in [9.17, 15) is 4.79 Å². The van der Waals surface area contributed by atoms with Gasteiger partial charge in [-0.3, -0.25) is 9.88 Å². The first-order valence-corrected chi connectivity index (χ1v) is 10.1. The summed E-state index contributed by atoms with van der Waals surface area (Å²) in [7, 11) is 1.83. The van der Waals surface area contributed by atoms with Gasteiger partial charge in [0.2, 0.25) is 0 Å². The first-order chi connectivity index (χ1) is 14.1. The molecule has 1 fully saturated rings. The Morgan fingerprint density at radius 1 is 1.07 bits per heavy atom. The van der Waals surface area contributed by atoms with E-state index in [1.54, 1.807) is 17.3 Å². The highest BCUT2D eigenvalue weighted by Crippen LogP contribution is 2.37. The van der Waals surface area contributed by atoms with Gasteiger partial charge in [-0.15, -0.1) is 0 Å². The summed E-state index contributed by atoms with van der Waals surface area (Å²) in [5.41, 5.74) is 1.85. The van der Waals surface area contributed by atoms with Crippen LogP contribution in [0.5, 0.6) is 0 Å². The highest BCUT2D eigenvalue weighted by molar-refractivity contribution is 5.94. The molecule has 0 spiro atoms. The molecule has 29 heavy (non-hydrogen) atoms. The van der Waals surface area contributed by atoms with Crippen LogP contribution in [0.15, 0.2) is 48.8 Å². The zero-order valence-electron chi connectivity index (χ0n) is 16.6. The normalized spacial score (nSPS) is 24.1. The Bertz CT molecular complexity index is 1070. The topological polar surface area (TPSA) is 74.2 Å². The van der Waals surface area contributed by atoms with E-state index in [2.05, 4.69) is 27.4 Å². The van der Waals surface area contributed by atoms with Crippen LogP contribution in [0, 0.1) is 0 Å². The van der Waals surface area contributed by atoms with Gasteiger partial charge < -0.3 is 10.2 Å². The SMILES string of the molecule is CC1c2nccnc2N(C2CCC(Nc3ccc4ccccc4n3)C2)C(=O)N1C. The molecule has 7 heteroatoms. The van der Waals surface area contributed by atoms with Crippen LogP contribution in [-0.2, 0) is 0 Å². The molecule has 2 amide bonds. The van der Waals surface area contributed by atoms with E-state index in [0.29, 0.717) is 5.82 Å². The van der Waals surface area contributed by atoms with Gasteiger partial charge in [0.1, 0.15) is 11.5 Å². The Kier molecular flexibility index (Phi) is 4.30. The van der Waals surface area contributed by atoms with Gasteiger partial charge in [-0.25, -0.2) is 14.8 Å². The summed E-state index contributed by atoms with van der Waals surface area (Å²) in [5.74, 6) is 1.59. The van der Waals surface area contributed by atoms with Crippen molar-refractivity contribution in [2.45, 2.75) is 44.3 Å². The smallest absolute Gasteiger partial charge is 0.326 e. The Labute approximate surface area is 169 Å². The van der Waals surface area contributed by atoms with Crippen LogP contribution < -0.4 is 10.2 Å². The van der Waals surface area contributed by atoms with Gasteiger partial charge in [0.05, 0.1) is 11.6 Å². The van der Waals surface area contributed by atoms with Crippen LogP contribution in [0.2, 0.25) is 0 Å². The van der Waals surface area contributed by atoms with E-state index in [1.165, 1.54) is 0 Å². The van der Waals surface area contributed by atoms with Crippen LogP contribution in [-0.4, -0.2) is 45.0 Å². The summed E-state index contributed by atoms with van der Waals surface area (Å²) in [6, 6.07) is 12.5. The lowest BCUT2D eigenvalue weighted by Crippen LogP contribution is -2.51. The van der Waals surface area contributed by atoms with Crippen molar-refractivity contribution in [2.75, 3.05) is 17.3 Å². The molecule has 5 rings (SSSR count). The molecular formula is C22H24N6O. The minimum atomic E-state index is -0.0698. The number of fused-ring (bicyclic) bond motifs is 2. The molecule has 0 radical (unpaired) electrons. The lowest BCUT2D eigenvalue weighted by molar-refractivity contribution is 0.192. The predicted octanol–water partition coefficient (Wildman–Crippen LogP) is 3.99. The number of benzene rings is 1. The van der Waals surface area contributed by atoms with Crippen LogP contribution in [0.25, 0.3) is 10.9 Å². The number of amides is 2. The Balaban J connectivity index is 1.36. The molecule has 1 saturated carbocycles. The molecule has 3 heterocycles. The zero-order valence-corrected chi connectivity index (χ0v) is 16.6. The second-order valence-corrected chi connectivity index (χ2v) is 7.90. The number of carbonyl (C=O) groups is 1. The van der Waals surface area contributed by atoms with Crippen molar-refractivity contribution in [3.8, 4) is 0 Å². The van der Waals surface area contributed by atoms with Crippen molar-refractivity contribution in [1.29, 1.82) is 0 Å². The fourth-order valence-corrected chi connectivity index (χ4v) is 4.44. The average Bonchev–Trinajstić information content (AvgIpc) is 3.20. The molecule has 1 aliphatic carbocycles. The van der Waals surface area contributed by atoms with Crippen molar-refractivity contribution in [2.24, 2.45) is 0 Å². The molecule has 1 aromatic carbocycles. The molecule has 2 aliphatic rings. The third kappa shape index (κ3) is 3.06. The second-order valence-electron chi connectivity index (χ2n) is 7.90. The molecule has 0 saturated heterocycles. The maximum absolute atomic E-state index is 13.0. The minimum Gasteiger partial charge on any atom is -0.367 e. The molecule has 3 unspecified atom stereocenters. The van der Waals surface area contributed by atoms with E-state index in [1.807, 2.05) is 43.1 Å². The highest BCUT2D eigenvalue weighted by Gasteiger charge is 2.41. The lowest BCUT2D eigenvalue weighted by Gasteiger charge is -2.40. The molecular weight excluding hydrogens is 364 g/mol. The molecule has 3 aromatic rings. The van der Waals surface area contributed by atoms with Gasteiger partial charge in [-0.05, 0) is 44.4 Å². The van der Waals surface area contributed by atoms with Crippen molar-refractivity contribution < 1.29 is 4.79 Å². The lowest BCUT2D eigenvalue weighted by atomic mass is 10.1. The third-order valence-electron chi connectivity index (χ3n) is 6.14. The number of carbonyl (C=O) groups excluding carboxylic acids is 1. The first-order valence-electron chi connectivity index (χ1n) is 10.1. The van der Waals surface area contributed by atoms with Crippen LogP contribution in [0.1, 0.15) is 37.9 Å². The van der Waals surface area contributed by atoms with Gasteiger partial charge >= 0.3 is 6.03 Å². The molecule has 7 nitrogen and oxygen atoms in total. The average molecular weight is 388 g/mol. The largest absolute Gasteiger partial charge is 0.367 e. The number of rotatable bonds is 3. The number of aromatic nitrogens is 3. The monoisotopic (exact) mass is 388 g/mol. The minimum absolute atomic E-state index is 0.0000184. The Morgan fingerprint density at radius 2 is 1.90 bits per heavy atom. The van der Waals surface area contributed by atoms with Crippen molar-refractivity contribution in [3.05, 3.63) is 54.5 Å². The Hall–Kier alpha value is -3.22. The number of urea groups is 1. The van der Waals surface area contributed by atoms with Crippen molar-refractivity contribution in [3.63, 3.8) is 0 Å². The van der Waals surface area contributed by atoms with Gasteiger partial charge in [0.15, 0.2) is 5.82 Å². The van der Waals surface area contributed by atoms with E-state index < -0.39 is 0 Å². The molecule has 148 valence electrons. The van der Waals surface area contributed by atoms with E-state index >= 15 is 0 Å².